The molecule has 1 unspecified atom stereocenters. The maximum atomic E-state index is 12.0. The zero-order chi connectivity index (χ0) is 16.3. The zero-order valence-corrected chi connectivity index (χ0v) is 13.7. The van der Waals surface area contributed by atoms with Gasteiger partial charge in [0.1, 0.15) is 0 Å². The van der Waals surface area contributed by atoms with Crippen LogP contribution in [0.25, 0.3) is 0 Å². The van der Waals surface area contributed by atoms with E-state index in [2.05, 4.69) is 25.5 Å². The first-order chi connectivity index (χ1) is 9.51. The quantitative estimate of drug-likeness (QED) is 0.845. The molecule has 0 amide bonds. The Kier molecular flexibility index (Phi) is 5.53. The van der Waals surface area contributed by atoms with Crippen molar-refractivity contribution < 1.29 is 18.3 Å². The Morgan fingerprint density at radius 2 is 1.76 bits per heavy atom. The van der Waals surface area contributed by atoms with E-state index in [0.717, 1.165) is 0 Å². The highest BCUT2D eigenvalue weighted by Gasteiger charge is 2.22. The molecule has 118 valence electrons. The van der Waals surface area contributed by atoms with E-state index in [1.807, 2.05) is 6.92 Å². The summed E-state index contributed by atoms with van der Waals surface area (Å²) < 4.78 is 26.7. The number of carboxylic acid groups (broad SMARTS) is 1. The standard InChI is InChI=1S/C15H23NO4S/c1-11(15(2,3)4)9-16-21(19,20)10-12-5-7-13(8-6-12)14(17)18/h5-8,11,16H,9-10H2,1-4H3,(H,17,18). The Labute approximate surface area is 126 Å². The molecule has 1 aromatic carbocycles. The number of aromatic carboxylic acids is 1. The van der Waals surface area contributed by atoms with Crippen LogP contribution in [0.4, 0.5) is 0 Å². The molecule has 0 aliphatic rings. The first-order valence-electron chi connectivity index (χ1n) is 6.81. The second kappa shape index (κ2) is 6.58. The summed E-state index contributed by atoms with van der Waals surface area (Å²) in [5.74, 6) is -0.966. The van der Waals surface area contributed by atoms with E-state index >= 15 is 0 Å². The van der Waals surface area contributed by atoms with E-state index < -0.39 is 16.0 Å². The van der Waals surface area contributed by atoms with Gasteiger partial charge in [0.2, 0.25) is 10.0 Å². The SMILES string of the molecule is CC(CNS(=O)(=O)Cc1ccc(C(=O)O)cc1)C(C)(C)C. The molecular weight excluding hydrogens is 290 g/mol. The highest BCUT2D eigenvalue weighted by atomic mass is 32.2. The summed E-state index contributed by atoms with van der Waals surface area (Å²) in [6.45, 7) is 8.59. The van der Waals surface area contributed by atoms with Gasteiger partial charge in [0.15, 0.2) is 0 Å². The van der Waals surface area contributed by atoms with Crippen molar-refractivity contribution in [1.82, 2.24) is 4.72 Å². The van der Waals surface area contributed by atoms with Crippen LogP contribution in [0.1, 0.15) is 43.6 Å². The molecule has 0 bridgehead atoms. The monoisotopic (exact) mass is 313 g/mol. The van der Waals surface area contributed by atoms with E-state index in [-0.39, 0.29) is 22.6 Å². The molecule has 6 heteroatoms. The molecule has 0 saturated heterocycles. The number of hydrogen-bond acceptors (Lipinski definition) is 3. The fraction of sp³-hybridized carbons (Fsp3) is 0.533. The number of benzene rings is 1. The van der Waals surface area contributed by atoms with Crippen molar-refractivity contribution in [2.75, 3.05) is 6.54 Å². The Morgan fingerprint density at radius 1 is 1.24 bits per heavy atom. The lowest BCUT2D eigenvalue weighted by atomic mass is 9.82. The van der Waals surface area contributed by atoms with Gasteiger partial charge in [-0.1, -0.05) is 39.8 Å². The van der Waals surface area contributed by atoms with Gasteiger partial charge in [-0.25, -0.2) is 17.9 Å². The number of nitrogens with one attached hydrogen (secondary N) is 1. The smallest absolute Gasteiger partial charge is 0.335 e. The second-order valence-electron chi connectivity index (χ2n) is 6.38. The normalized spacial score (nSPS) is 13.9. The first kappa shape index (κ1) is 17.7. The van der Waals surface area contributed by atoms with Gasteiger partial charge in [-0.2, -0.15) is 0 Å². The molecule has 0 aliphatic carbocycles. The molecular formula is C15H23NO4S. The molecule has 1 aromatic rings. The summed E-state index contributed by atoms with van der Waals surface area (Å²) in [6.07, 6.45) is 0. The molecule has 0 radical (unpaired) electrons. The molecule has 2 N–H and O–H groups in total. The summed E-state index contributed by atoms with van der Waals surface area (Å²) in [6, 6.07) is 5.86. The average molecular weight is 313 g/mol. The number of carboxylic acids is 1. The van der Waals surface area contributed by atoms with E-state index in [0.29, 0.717) is 12.1 Å². The van der Waals surface area contributed by atoms with Gasteiger partial charge < -0.3 is 5.11 Å². The third-order valence-electron chi connectivity index (χ3n) is 3.65. The molecule has 0 heterocycles. The maximum absolute atomic E-state index is 12.0. The largest absolute Gasteiger partial charge is 0.478 e. The predicted molar refractivity (Wildman–Crippen MR) is 82.6 cm³/mol. The van der Waals surface area contributed by atoms with Crippen molar-refractivity contribution in [2.45, 2.75) is 33.4 Å². The van der Waals surface area contributed by atoms with Crippen molar-refractivity contribution in [3.05, 3.63) is 35.4 Å². The van der Waals surface area contributed by atoms with Gasteiger partial charge in [0.25, 0.3) is 0 Å². The minimum absolute atomic E-state index is 0.0334. The van der Waals surface area contributed by atoms with Gasteiger partial charge in [0, 0.05) is 6.54 Å². The van der Waals surface area contributed by atoms with Crippen molar-refractivity contribution in [1.29, 1.82) is 0 Å². The molecule has 21 heavy (non-hydrogen) atoms. The first-order valence-corrected chi connectivity index (χ1v) is 8.46. The van der Waals surface area contributed by atoms with Gasteiger partial charge >= 0.3 is 5.97 Å². The molecule has 0 aromatic heterocycles. The fourth-order valence-corrected chi connectivity index (χ4v) is 2.81. The maximum Gasteiger partial charge on any atom is 0.335 e. The lowest BCUT2D eigenvalue weighted by Gasteiger charge is -2.27. The van der Waals surface area contributed by atoms with Crippen molar-refractivity contribution in [3.8, 4) is 0 Å². The van der Waals surface area contributed by atoms with Crippen LogP contribution in [0.2, 0.25) is 0 Å². The van der Waals surface area contributed by atoms with Crippen LogP contribution < -0.4 is 4.72 Å². The summed E-state index contributed by atoms with van der Waals surface area (Å²) in [7, 11) is -3.42. The van der Waals surface area contributed by atoms with Crippen LogP contribution in [0.15, 0.2) is 24.3 Å². The molecule has 5 nitrogen and oxygen atoms in total. The number of hydrogen-bond donors (Lipinski definition) is 2. The average Bonchev–Trinajstić information content (AvgIpc) is 2.35. The Morgan fingerprint density at radius 3 is 2.19 bits per heavy atom. The Bertz CT molecular complexity index is 585. The highest BCUT2D eigenvalue weighted by molar-refractivity contribution is 7.88. The summed E-state index contributed by atoms with van der Waals surface area (Å²) in [5, 5.41) is 8.80. The van der Waals surface area contributed by atoms with Crippen LogP contribution in [0.3, 0.4) is 0 Å². The van der Waals surface area contributed by atoms with E-state index in [9.17, 15) is 13.2 Å². The number of sulfonamides is 1. The Hall–Kier alpha value is -1.40. The molecule has 0 aliphatic heterocycles. The molecule has 0 fully saturated rings. The van der Waals surface area contributed by atoms with Crippen molar-refractivity contribution in [2.24, 2.45) is 11.3 Å². The lowest BCUT2D eigenvalue weighted by molar-refractivity contribution is 0.0697. The van der Waals surface area contributed by atoms with Crippen LogP contribution in [0, 0.1) is 11.3 Å². The van der Waals surface area contributed by atoms with Gasteiger partial charge in [-0.3, -0.25) is 0 Å². The highest BCUT2D eigenvalue weighted by Crippen LogP contribution is 2.24. The third kappa shape index (κ3) is 5.85. The predicted octanol–water partition coefficient (Wildman–Crippen LogP) is 2.49. The van der Waals surface area contributed by atoms with Crippen LogP contribution in [-0.4, -0.2) is 26.0 Å². The Balaban J connectivity index is 2.66. The van der Waals surface area contributed by atoms with Gasteiger partial charge in [-0.05, 0) is 29.0 Å². The molecule has 1 rings (SSSR count). The summed E-state index contributed by atoms with van der Waals surface area (Å²) in [5.41, 5.74) is 0.743. The topological polar surface area (TPSA) is 83.5 Å². The summed E-state index contributed by atoms with van der Waals surface area (Å²) in [4.78, 5) is 10.7. The minimum Gasteiger partial charge on any atom is -0.478 e. The van der Waals surface area contributed by atoms with Crippen LogP contribution >= 0.6 is 0 Å². The lowest BCUT2D eigenvalue weighted by Crippen LogP contribution is -2.34. The van der Waals surface area contributed by atoms with Gasteiger partial charge in [0.05, 0.1) is 11.3 Å². The third-order valence-corrected chi connectivity index (χ3v) is 4.97. The van der Waals surface area contributed by atoms with Crippen LogP contribution in [-0.2, 0) is 15.8 Å². The number of rotatable bonds is 6. The number of carbonyl (C=O) groups is 1. The molecule has 0 saturated carbocycles. The van der Waals surface area contributed by atoms with Crippen LogP contribution in [0.5, 0.6) is 0 Å². The van der Waals surface area contributed by atoms with E-state index in [1.54, 1.807) is 0 Å². The fourth-order valence-electron chi connectivity index (χ4n) is 1.57. The van der Waals surface area contributed by atoms with E-state index in [1.165, 1.54) is 24.3 Å². The summed E-state index contributed by atoms with van der Waals surface area (Å²) >= 11 is 0. The van der Waals surface area contributed by atoms with E-state index in [4.69, 9.17) is 5.11 Å². The van der Waals surface area contributed by atoms with Crippen molar-refractivity contribution in [3.63, 3.8) is 0 Å². The molecule has 1 atom stereocenters. The van der Waals surface area contributed by atoms with Crippen molar-refractivity contribution >= 4 is 16.0 Å². The van der Waals surface area contributed by atoms with Gasteiger partial charge in [-0.15, -0.1) is 0 Å². The second-order valence-corrected chi connectivity index (χ2v) is 8.18. The minimum atomic E-state index is -3.42. The molecule has 0 spiro atoms. The zero-order valence-electron chi connectivity index (χ0n) is 12.9.